The lowest BCUT2D eigenvalue weighted by Gasteiger charge is -2.38. The first-order valence-electron chi connectivity index (χ1n) is 14.1. The van der Waals surface area contributed by atoms with Gasteiger partial charge in [-0.3, -0.25) is 9.78 Å². The molecule has 0 bridgehead atoms. The number of carbonyl (C=O) groups is 1. The van der Waals surface area contributed by atoms with Crippen LogP contribution in [0.4, 0.5) is 5.82 Å². The van der Waals surface area contributed by atoms with Crippen molar-refractivity contribution in [3.63, 3.8) is 0 Å². The quantitative estimate of drug-likeness (QED) is 0.173. The van der Waals surface area contributed by atoms with E-state index in [2.05, 4.69) is 25.3 Å². The smallest absolute Gasteiger partial charge is 0.231 e. The summed E-state index contributed by atoms with van der Waals surface area (Å²) in [6.45, 7) is 0.524. The normalized spacial score (nSPS) is 18.9. The molecule has 4 heterocycles. The van der Waals surface area contributed by atoms with Crippen molar-refractivity contribution in [2.24, 2.45) is 0 Å². The molecule has 228 valence electrons. The minimum absolute atomic E-state index is 0.0152. The van der Waals surface area contributed by atoms with Crippen LogP contribution < -0.4 is 5.73 Å². The van der Waals surface area contributed by atoms with Gasteiger partial charge in [-0.25, -0.2) is 13.4 Å². The van der Waals surface area contributed by atoms with Crippen LogP contribution in [0.1, 0.15) is 47.9 Å². The number of ketones is 1. The summed E-state index contributed by atoms with van der Waals surface area (Å²) in [7, 11) is -2.24. The number of Topliss-reactive ketones (excluding diaryl/α,β-unsaturated/α-hetero) is 1. The van der Waals surface area contributed by atoms with Gasteiger partial charge in [-0.2, -0.15) is 9.61 Å². The number of fused-ring (bicyclic) bond motifs is 1. The lowest BCUT2D eigenvalue weighted by molar-refractivity contribution is -0.0636. The number of carbonyl (C=O) groups excluding carboxylic acids is 1. The number of benzene rings is 1. The number of rotatable bonds is 10. The number of nitrogens with zero attached hydrogens (tertiary/aromatic N) is 6. The third kappa shape index (κ3) is 5.47. The highest BCUT2D eigenvalue weighted by Crippen LogP contribution is 2.44. The Morgan fingerprint density at radius 2 is 1.86 bits per heavy atom. The molecule has 1 aromatic carbocycles. The summed E-state index contributed by atoms with van der Waals surface area (Å²) in [5, 5.41) is 12.0. The standard InChI is InChI=1S/C30H32N8O5S/c1-42-14-15-43-30(26(39)28-33-18-34-37-28)12-10-20(11-13-30)24-25(44(2,40)41)27(31)38-29(36-24)22(17-35-38)21-8-9-23(32-16-21)19-6-4-3-5-7-19/h3-9,16-18,20H,10-15,31H2,1-2H3,(H,33,34,37)/t20-,30-. The van der Waals surface area contributed by atoms with Crippen molar-refractivity contribution >= 4 is 27.1 Å². The number of ether oxygens (including phenoxy) is 2. The number of pyridine rings is 1. The molecule has 5 aromatic rings. The minimum Gasteiger partial charge on any atom is -0.382 e. The molecule has 0 atom stereocenters. The number of nitrogens with one attached hydrogen (secondary N) is 1. The molecule has 1 aliphatic carbocycles. The van der Waals surface area contributed by atoms with Gasteiger partial charge >= 0.3 is 0 Å². The molecule has 1 saturated carbocycles. The topological polar surface area (TPSA) is 180 Å². The molecule has 1 aliphatic rings. The number of hydrogen-bond acceptors (Lipinski definition) is 11. The molecule has 0 unspecified atom stereocenters. The fourth-order valence-electron chi connectivity index (χ4n) is 5.86. The number of H-pyrrole nitrogens is 1. The molecule has 0 spiro atoms. The van der Waals surface area contributed by atoms with Crippen molar-refractivity contribution < 1.29 is 22.7 Å². The SMILES string of the molecule is COCCO[C@]1(C(=O)c2nnc[nH]2)CC[C@@H](c2nc3c(-c4ccc(-c5ccccc5)nc4)cnn3c(N)c2S(C)(=O)=O)CC1. The fourth-order valence-corrected chi connectivity index (χ4v) is 6.92. The maximum Gasteiger partial charge on any atom is 0.231 e. The van der Waals surface area contributed by atoms with Crippen LogP contribution in [0.5, 0.6) is 0 Å². The number of methoxy groups -OCH3 is 1. The van der Waals surface area contributed by atoms with Gasteiger partial charge in [0.25, 0.3) is 0 Å². The zero-order chi connectivity index (χ0) is 30.9. The average Bonchev–Trinajstić information content (AvgIpc) is 3.72. The number of aromatic nitrogens is 7. The molecule has 0 amide bonds. The molecular formula is C30H32N8O5S. The maximum absolute atomic E-state index is 13.5. The Morgan fingerprint density at radius 1 is 1.09 bits per heavy atom. The Kier molecular flexibility index (Phi) is 7.97. The number of nitrogens with two attached hydrogens (primary N) is 1. The Balaban J connectivity index is 1.37. The molecule has 13 nitrogen and oxygen atoms in total. The number of hydrogen-bond donors (Lipinski definition) is 2. The van der Waals surface area contributed by atoms with Gasteiger partial charge in [0.05, 0.1) is 30.8 Å². The van der Waals surface area contributed by atoms with Gasteiger partial charge in [0.1, 0.15) is 22.6 Å². The summed E-state index contributed by atoms with van der Waals surface area (Å²) in [6, 6.07) is 13.7. The van der Waals surface area contributed by atoms with E-state index in [-0.39, 0.29) is 34.8 Å². The summed E-state index contributed by atoms with van der Waals surface area (Å²) in [5.41, 5.74) is 9.35. The van der Waals surface area contributed by atoms with Crippen LogP contribution in [0, 0.1) is 0 Å². The number of anilines is 1. The monoisotopic (exact) mass is 616 g/mol. The Labute approximate surface area is 253 Å². The molecule has 6 rings (SSSR count). The third-order valence-electron chi connectivity index (χ3n) is 8.07. The lowest BCUT2D eigenvalue weighted by Crippen LogP contribution is -2.46. The van der Waals surface area contributed by atoms with Crippen molar-refractivity contribution in [2.45, 2.75) is 42.1 Å². The second kappa shape index (κ2) is 11.9. The highest BCUT2D eigenvalue weighted by Gasteiger charge is 2.46. The Morgan fingerprint density at radius 3 is 2.50 bits per heavy atom. The van der Waals surface area contributed by atoms with E-state index in [0.717, 1.165) is 23.1 Å². The van der Waals surface area contributed by atoms with E-state index in [1.165, 1.54) is 10.8 Å². The molecule has 44 heavy (non-hydrogen) atoms. The molecule has 4 aromatic heterocycles. The van der Waals surface area contributed by atoms with Crippen molar-refractivity contribution in [3.8, 4) is 22.4 Å². The predicted molar refractivity (Wildman–Crippen MR) is 162 cm³/mol. The van der Waals surface area contributed by atoms with E-state index in [9.17, 15) is 13.2 Å². The first-order chi connectivity index (χ1) is 21.2. The van der Waals surface area contributed by atoms with Crippen LogP contribution in [-0.2, 0) is 19.3 Å². The predicted octanol–water partition coefficient (Wildman–Crippen LogP) is 3.50. The van der Waals surface area contributed by atoms with Gasteiger partial charge in [0.15, 0.2) is 21.3 Å². The summed E-state index contributed by atoms with van der Waals surface area (Å²) in [5.74, 6) is -0.522. The summed E-state index contributed by atoms with van der Waals surface area (Å²) in [6.07, 6.45) is 7.28. The summed E-state index contributed by atoms with van der Waals surface area (Å²) < 4.78 is 38.8. The van der Waals surface area contributed by atoms with Gasteiger partial charge in [-0.1, -0.05) is 36.4 Å². The van der Waals surface area contributed by atoms with Gasteiger partial charge < -0.3 is 20.2 Å². The molecule has 3 N–H and O–H groups in total. The number of aromatic amines is 1. The average molecular weight is 617 g/mol. The number of sulfone groups is 1. The first kappa shape index (κ1) is 29.5. The van der Waals surface area contributed by atoms with Gasteiger partial charge in [0, 0.05) is 42.2 Å². The van der Waals surface area contributed by atoms with Gasteiger partial charge in [-0.15, -0.1) is 10.2 Å². The maximum atomic E-state index is 13.5. The van der Waals surface area contributed by atoms with Crippen LogP contribution in [0.25, 0.3) is 28.0 Å². The van der Waals surface area contributed by atoms with E-state index in [4.69, 9.17) is 20.2 Å². The molecule has 0 aliphatic heterocycles. The Bertz CT molecular complexity index is 1880. The zero-order valence-corrected chi connectivity index (χ0v) is 25.1. The van der Waals surface area contributed by atoms with Crippen molar-refractivity contribution in [1.29, 1.82) is 0 Å². The highest BCUT2D eigenvalue weighted by atomic mass is 32.2. The first-order valence-corrected chi connectivity index (χ1v) is 16.0. The molecule has 0 saturated heterocycles. The van der Waals surface area contributed by atoms with Crippen molar-refractivity contribution in [1.82, 2.24) is 34.8 Å². The van der Waals surface area contributed by atoms with E-state index >= 15 is 0 Å². The van der Waals surface area contributed by atoms with E-state index in [1.54, 1.807) is 19.5 Å². The minimum atomic E-state index is -3.79. The van der Waals surface area contributed by atoms with Gasteiger partial charge in [-0.05, 0) is 31.7 Å². The summed E-state index contributed by atoms with van der Waals surface area (Å²) >= 11 is 0. The fraction of sp³-hybridized carbons (Fsp3) is 0.333. The van der Waals surface area contributed by atoms with Crippen molar-refractivity contribution in [3.05, 3.63) is 72.7 Å². The lowest BCUT2D eigenvalue weighted by atomic mass is 9.75. The van der Waals surface area contributed by atoms with Crippen LogP contribution >= 0.6 is 0 Å². The number of nitrogen functional groups attached to an aromatic ring is 1. The third-order valence-corrected chi connectivity index (χ3v) is 9.23. The van der Waals surface area contributed by atoms with E-state index in [0.29, 0.717) is 49.2 Å². The van der Waals surface area contributed by atoms with Crippen LogP contribution in [0.3, 0.4) is 0 Å². The van der Waals surface area contributed by atoms with Crippen LogP contribution in [0.15, 0.2) is 66.1 Å². The molecule has 1 fully saturated rings. The highest BCUT2D eigenvalue weighted by molar-refractivity contribution is 7.91. The van der Waals surface area contributed by atoms with Crippen LogP contribution in [0.2, 0.25) is 0 Å². The summed E-state index contributed by atoms with van der Waals surface area (Å²) in [4.78, 5) is 25.8. The van der Waals surface area contributed by atoms with Crippen molar-refractivity contribution in [2.75, 3.05) is 32.3 Å². The second-order valence-corrected chi connectivity index (χ2v) is 12.8. The molecule has 0 radical (unpaired) electrons. The Hall–Kier alpha value is -4.53. The zero-order valence-electron chi connectivity index (χ0n) is 24.3. The molecular weight excluding hydrogens is 584 g/mol. The van der Waals surface area contributed by atoms with Gasteiger partial charge in [0.2, 0.25) is 5.78 Å². The van der Waals surface area contributed by atoms with E-state index < -0.39 is 15.4 Å². The van der Waals surface area contributed by atoms with E-state index in [1.807, 2.05) is 42.5 Å². The molecule has 14 heteroatoms. The van der Waals surface area contributed by atoms with Crippen LogP contribution in [-0.4, -0.2) is 81.1 Å². The largest absolute Gasteiger partial charge is 0.382 e. The second-order valence-electron chi connectivity index (χ2n) is 10.9.